The lowest BCUT2D eigenvalue weighted by atomic mass is 10.0. The van der Waals surface area contributed by atoms with Crippen molar-refractivity contribution in [2.24, 2.45) is 0 Å². The Labute approximate surface area is 225 Å². The molecule has 3 aromatic carbocycles. The standard InChI is InChI=1S/C31H27O3.BF4/c1-32-29-20-19-24(21-31(29)33-2)13-7-3-4-12-18-28-22-27(25-14-8-5-9-15-25)23-30(34-28)26-16-10-6-11-17-26;2-1(3,4)5/h3-23H,1-2H3;/q+1;-1/b4-3+,13-7+,18-12+;. The van der Waals surface area contributed by atoms with Crippen LogP contribution in [0.25, 0.3) is 34.6 Å². The molecule has 1 heterocycles. The van der Waals surface area contributed by atoms with Gasteiger partial charge in [-0.15, -0.1) is 0 Å². The van der Waals surface area contributed by atoms with Gasteiger partial charge in [0, 0.05) is 11.6 Å². The van der Waals surface area contributed by atoms with Crippen LogP contribution in [-0.4, -0.2) is 21.5 Å². The largest absolute Gasteiger partial charge is 0.673 e. The Kier molecular flexibility index (Phi) is 10.7. The van der Waals surface area contributed by atoms with Crippen LogP contribution in [0, 0.1) is 0 Å². The van der Waals surface area contributed by atoms with Crippen LogP contribution in [0.4, 0.5) is 17.3 Å². The Bertz CT molecular complexity index is 1350. The van der Waals surface area contributed by atoms with Gasteiger partial charge < -0.3 is 26.7 Å². The quantitative estimate of drug-likeness (QED) is 0.0976. The van der Waals surface area contributed by atoms with E-state index < -0.39 is 7.25 Å². The Morgan fingerprint density at radius 3 is 1.74 bits per heavy atom. The SMILES string of the molecule is COc1ccc(/C=C/C=C/C=C/c2cc(-c3ccccc3)cc(-c3ccccc3)[o+]2)cc1OC.F[B-](F)(F)F. The molecule has 0 fully saturated rings. The summed E-state index contributed by atoms with van der Waals surface area (Å²) < 4.78 is 55.8. The molecule has 0 radical (unpaired) electrons. The molecule has 0 atom stereocenters. The summed E-state index contributed by atoms with van der Waals surface area (Å²) in [4.78, 5) is 0. The van der Waals surface area contributed by atoms with E-state index in [2.05, 4.69) is 36.4 Å². The molecular formula is C31H27BF4O3. The Hall–Kier alpha value is -4.59. The lowest BCUT2D eigenvalue weighted by Gasteiger charge is -2.07. The highest BCUT2D eigenvalue weighted by molar-refractivity contribution is 6.50. The smallest absolute Gasteiger partial charge is 0.493 e. The van der Waals surface area contributed by atoms with Crippen LogP contribution in [0.5, 0.6) is 11.5 Å². The van der Waals surface area contributed by atoms with Crippen molar-refractivity contribution in [2.75, 3.05) is 14.2 Å². The minimum absolute atomic E-state index is 0.711. The molecule has 0 N–H and O–H groups in total. The molecule has 39 heavy (non-hydrogen) atoms. The number of rotatable bonds is 8. The average Bonchev–Trinajstić information content (AvgIpc) is 2.94. The number of hydrogen-bond donors (Lipinski definition) is 0. The average molecular weight is 534 g/mol. The van der Waals surface area contributed by atoms with Crippen molar-refractivity contribution in [1.29, 1.82) is 0 Å². The van der Waals surface area contributed by atoms with E-state index in [0.717, 1.165) is 39.5 Å². The van der Waals surface area contributed by atoms with Gasteiger partial charge in [0.05, 0.1) is 31.9 Å². The molecule has 0 spiro atoms. The number of ether oxygens (including phenoxy) is 2. The van der Waals surface area contributed by atoms with E-state index in [1.54, 1.807) is 14.2 Å². The molecule has 200 valence electrons. The molecule has 0 unspecified atom stereocenters. The molecule has 0 saturated carbocycles. The van der Waals surface area contributed by atoms with Gasteiger partial charge in [-0.05, 0) is 35.4 Å². The first-order chi connectivity index (χ1) is 18.8. The van der Waals surface area contributed by atoms with Crippen molar-refractivity contribution in [3.05, 3.63) is 127 Å². The summed E-state index contributed by atoms with van der Waals surface area (Å²) in [6.07, 6.45) is 11.9. The van der Waals surface area contributed by atoms with Crippen molar-refractivity contribution in [1.82, 2.24) is 0 Å². The molecule has 3 nitrogen and oxygen atoms in total. The van der Waals surface area contributed by atoms with Crippen molar-refractivity contribution in [3.8, 4) is 33.9 Å². The van der Waals surface area contributed by atoms with Gasteiger partial charge in [-0.1, -0.05) is 85.0 Å². The summed E-state index contributed by atoms with van der Waals surface area (Å²) in [5, 5.41) is 0. The summed E-state index contributed by atoms with van der Waals surface area (Å²) in [5.41, 5.74) is 4.34. The van der Waals surface area contributed by atoms with Gasteiger partial charge in [-0.25, -0.2) is 4.42 Å². The fraction of sp³-hybridized carbons (Fsp3) is 0.0645. The molecular weight excluding hydrogens is 507 g/mol. The minimum atomic E-state index is -6.00. The van der Waals surface area contributed by atoms with Crippen molar-refractivity contribution < 1.29 is 31.2 Å². The van der Waals surface area contributed by atoms with E-state index >= 15 is 0 Å². The third-order valence-corrected chi connectivity index (χ3v) is 5.27. The lowest BCUT2D eigenvalue weighted by molar-refractivity contribution is 0.355. The van der Waals surface area contributed by atoms with Crippen LogP contribution < -0.4 is 9.47 Å². The monoisotopic (exact) mass is 534 g/mol. The summed E-state index contributed by atoms with van der Waals surface area (Å²) in [7, 11) is -2.73. The highest BCUT2D eigenvalue weighted by atomic mass is 19.5. The summed E-state index contributed by atoms with van der Waals surface area (Å²) in [6.45, 7) is 0. The van der Waals surface area contributed by atoms with E-state index in [0.29, 0.717) is 5.75 Å². The number of halogens is 4. The minimum Gasteiger partial charge on any atom is -0.493 e. The fourth-order valence-corrected chi connectivity index (χ4v) is 3.55. The van der Waals surface area contributed by atoms with Gasteiger partial charge >= 0.3 is 18.8 Å². The van der Waals surface area contributed by atoms with Crippen LogP contribution in [0.2, 0.25) is 0 Å². The predicted octanol–water partition coefficient (Wildman–Crippen LogP) is 9.49. The number of benzene rings is 3. The zero-order valence-corrected chi connectivity index (χ0v) is 21.4. The van der Waals surface area contributed by atoms with Crippen LogP contribution in [0.3, 0.4) is 0 Å². The maximum Gasteiger partial charge on any atom is 0.673 e. The van der Waals surface area contributed by atoms with Crippen LogP contribution in [0.1, 0.15) is 11.3 Å². The molecule has 1 aromatic heterocycles. The van der Waals surface area contributed by atoms with E-state index in [9.17, 15) is 17.3 Å². The molecule has 0 bridgehead atoms. The zero-order valence-electron chi connectivity index (χ0n) is 21.4. The topological polar surface area (TPSA) is 29.8 Å². The fourth-order valence-electron chi connectivity index (χ4n) is 3.55. The number of hydrogen-bond acceptors (Lipinski definition) is 2. The Morgan fingerprint density at radius 1 is 0.590 bits per heavy atom. The Balaban J connectivity index is 0.000000771. The van der Waals surface area contributed by atoms with Gasteiger partial charge in [-0.3, -0.25) is 0 Å². The van der Waals surface area contributed by atoms with E-state index in [4.69, 9.17) is 13.9 Å². The van der Waals surface area contributed by atoms with Gasteiger partial charge in [0.25, 0.3) is 0 Å². The molecule has 0 amide bonds. The highest BCUT2D eigenvalue weighted by Crippen LogP contribution is 2.29. The van der Waals surface area contributed by atoms with Gasteiger partial charge in [0.1, 0.15) is 0 Å². The number of methoxy groups -OCH3 is 2. The molecule has 0 saturated heterocycles. The summed E-state index contributed by atoms with van der Waals surface area (Å²) in [6, 6.07) is 30.5. The summed E-state index contributed by atoms with van der Waals surface area (Å²) in [5.74, 6) is 3.05. The van der Waals surface area contributed by atoms with Crippen LogP contribution >= 0.6 is 0 Å². The first-order valence-corrected chi connectivity index (χ1v) is 12.0. The maximum absolute atomic E-state index is 9.75. The Morgan fingerprint density at radius 2 is 1.15 bits per heavy atom. The third kappa shape index (κ3) is 10.0. The van der Waals surface area contributed by atoms with Gasteiger partial charge in [-0.2, -0.15) is 0 Å². The van der Waals surface area contributed by atoms with E-state index in [-0.39, 0.29) is 0 Å². The third-order valence-electron chi connectivity index (χ3n) is 5.27. The van der Waals surface area contributed by atoms with Crippen molar-refractivity contribution >= 4 is 19.4 Å². The highest BCUT2D eigenvalue weighted by Gasteiger charge is 2.20. The molecule has 0 aliphatic heterocycles. The second-order valence-corrected chi connectivity index (χ2v) is 8.06. The van der Waals surface area contributed by atoms with Crippen molar-refractivity contribution in [3.63, 3.8) is 0 Å². The van der Waals surface area contributed by atoms with Crippen LogP contribution in [-0.2, 0) is 0 Å². The van der Waals surface area contributed by atoms with Crippen LogP contribution in [0.15, 0.2) is 120 Å². The maximum atomic E-state index is 9.75. The van der Waals surface area contributed by atoms with Crippen molar-refractivity contribution in [2.45, 2.75) is 0 Å². The molecule has 4 aromatic rings. The lowest BCUT2D eigenvalue weighted by Crippen LogP contribution is -2.02. The predicted molar refractivity (Wildman–Crippen MR) is 151 cm³/mol. The second-order valence-electron chi connectivity index (χ2n) is 8.06. The zero-order chi connectivity index (χ0) is 28.1. The van der Waals surface area contributed by atoms with E-state index in [1.165, 1.54) is 0 Å². The first kappa shape index (κ1) is 29.0. The molecule has 4 rings (SSSR count). The normalized spacial score (nSPS) is 11.5. The molecule has 0 aliphatic rings. The molecule has 0 aliphatic carbocycles. The number of allylic oxidation sites excluding steroid dienone is 4. The second kappa shape index (κ2) is 14.4. The van der Waals surface area contributed by atoms with Gasteiger partial charge in [0.15, 0.2) is 11.5 Å². The first-order valence-electron chi connectivity index (χ1n) is 12.0. The van der Waals surface area contributed by atoms with E-state index in [1.807, 2.05) is 91.1 Å². The molecule has 8 heteroatoms. The summed E-state index contributed by atoms with van der Waals surface area (Å²) >= 11 is 0. The van der Waals surface area contributed by atoms with Gasteiger partial charge in [0.2, 0.25) is 0 Å².